The van der Waals surface area contributed by atoms with Crippen molar-refractivity contribution in [2.75, 3.05) is 0 Å². The lowest BCUT2D eigenvalue weighted by atomic mass is 10.2. The molecular formula is C20H18Cl3N2O-. The molecule has 0 aliphatic rings. The second kappa shape index (κ2) is 10.4. The Morgan fingerprint density at radius 2 is 1.50 bits per heavy atom. The van der Waals surface area contributed by atoms with Gasteiger partial charge < -0.3 is 22.5 Å². The van der Waals surface area contributed by atoms with Gasteiger partial charge in [0.1, 0.15) is 12.4 Å². The van der Waals surface area contributed by atoms with Crippen molar-refractivity contribution in [3.8, 4) is 5.75 Å². The molecule has 2 aromatic carbocycles. The maximum Gasteiger partial charge on any atom is 0.119 e. The molecule has 1 heterocycles. The minimum Gasteiger partial charge on any atom is -1.00 e. The van der Waals surface area contributed by atoms with Crippen LogP contribution < -0.4 is 22.5 Å². The van der Waals surface area contributed by atoms with Gasteiger partial charge in [-0.05, 0) is 47.5 Å². The number of hydrogen-bond donors (Lipinski definition) is 1. The molecule has 3 rings (SSSR count). The molecule has 0 spiro atoms. The summed E-state index contributed by atoms with van der Waals surface area (Å²) >= 11 is 12.1. The molecule has 0 atom stereocenters. The van der Waals surface area contributed by atoms with Crippen molar-refractivity contribution in [2.45, 2.75) is 19.7 Å². The Morgan fingerprint density at radius 1 is 0.846 bits per heavy atom. The zero-order valence-corrected chi connectivity index (χ0v) is 16.2. The summed E-state index contributed by atoms with van der Waals surface area (Å²) in [5, 5.41) is 4.65. The topological polar surface area (TPSA) is 34.1 Å². The van der Waals surface area contributed by atoms with Crippen molar-refractivity contribution in [3.63, 3.8) is 0 Å². The van der Waals surface area contributed by atoms with Crippen molar-refractivity contribution in [1.29, 1.82) is 0 Å². The van der Waals surface area contributed by atoms with Gasteiger partial charge in [-0.2, -0.15) is 0 Å². The average molecular weight is 409 g/mol. The van der Waals surface area contributed by atoms with Gasteiger partial charge in [0.2, 0.25) is 0 Å². The standard InChI is InChI=1S/C20H18Cl2N2O.ClH/c21-18-4-3-17(20(22)11-18)14-25-19-5-1-15(2-6-19)12-24-13-16-7-9-23-10-8-16;/h1-11,24H,12-14H2;1H/p-1. The zero-order chi connectivity index (χ0) is 17.5. The van der Waals surface area contributed by atoms with Crippen LogP contribution in [-0.4, -0.2) is 4.98 Å². The average Bonchev–Trinajstić information content (AvgIpc) is 2.63. The monoisotopic (exact) mass is 407 g/mol. The van der Waals surface area contributed by atoms with Crippen LogP contribution in [0.5, 0.6) is 5.75 Å². The molecule has 0 aliphatic heterocycles. The minimum atomic E-state index is 0. The molecule has 0 amide bonds. The molecule has 136 valence electrons. The highest BCUT2D eigenvalue weighted by Gasteiger charge is 2.03. The van der Waals surface area contributed by atoms with Gasteiger partial charge in [-0.15, -0.1) is 0 Å². The quantitative estimate of drug-likeness (QED) is 0.651. The van der Waals surface area contributed by atoms with E-state index in [4.69, 9.17) is 27.9 Å². The summed E-state index contributed by atoms with van der Waals surface area (Å²) in [7, 11) is 0. The Hall–Kier alpha value is -1.78. The van der Waals surface area contributed by atoms with E-state index in [0.29, 0.717) is 16.7 Å². The highest BCUT2D eigenvalue weighted by atomic mass is 35.5. The first kappa shape index (κ1) is 20.5. The van der Waals surface area contributed by atoms with Crippen LogP contribution in [0.15, 0.2) is 67.0 Å². The van der Waals surface area contributed by atoms with Crippen LogP contribution in [0.4, 0.5) is 0 Å². The maximum absolute atomic E-state index is 6.15. The predicted octanol–water partition coefficient (Wildman–Crippen LogP) is 2.26. The molecule has 0 radical (unpaired) electrons. The number of hydrogen-bond acceptors (Lipinski definition) is 3. The summed E-state index contributed by atoms with van der Waals surface area (Å²) in [4.78, 5) is 4.01. The van der Waals surface area contributed by atoms with Crippen molar-refractivity contribution < 1.29 is 17.1 Å². The number of rotatable bonds is 7. The van der Waals surface area contributed by atoms with Crippen LogP contribution in [0.25, 0.3) is 0 Å². The first-order valence-corrected chi connectivity index (χ1v) is 8.71. The SMILES string of the molecule is Clc1ccc(COc2ccc(CNCc3ccncc3)cc2)c(Cl)c1.[Cl-]. The summed E-state index contributed by atoms with van der Waals surface area (Å²) in [6.07, 6.45) is 3.60. The Labute approximate surface area is 169 Å². The van der Waals surface area contributed by atoms with Gasteiger partial charge in [-0.25, -0.2) is 0 Å². The molecule has 1 N–H and O–H groups in total. The molecule has 1 aromatic heterocycles. The summed E-state index contributed by atoms with van der Waals surface area (Å²) < 4.78 is 5.79. The zero-order valence-electron chi connectivity index (χ0n) is 14.0. The van der Waals surface area contributed by atoms with E-state index in [-0.39, 0.29) is 12.4 Å². The van der Waals surface area contributed by atoms with E-state index in [1.54, 1.807) is 18.5 Å². The highest BCUT2D eigenvalue weighted by molar-refractivity contribution is 6.35. The third kappa shape index (κ3) is 6.19. The van der Waals surface area contributed by atoms with Gasteiger partial charge in [0, 0.05) is 41.1 Å². The molecule has 0 aliphatic carbocycles. The molecule has 0 unspecified atom stereocenters. The molecule has 6 heteroatoms. The van der Waals surface area contributed by atoms with Gasteiger partial charge in [0.15, 0.2) is 0 Å². The first-order valence-electron chi connectivity index (χ1n) is 7.96. The third-order valence-corrected chi connectivity index (χ3v) is 4.33. The van der Waals surface area contributed by atoms with Crippen molar-refractivity contribution in [3.05, 3.63) is 93.7 Å². The fourth-order valence-corrected chi connectivity index (χ4v) is 2.82. The molecule has 0 saturated carbocycles. The van der Waals surface area contributed by atoms with Gasteiger partial charge in [-0.3, -0.25) is 4.98 Å². The molecule has 3 aromatic rings. The van der Waals surface area contributed by atoms with Crippen LogP contribution in [0.3, 0.4) is 0 Å². The van der Waals surface area contributed by atoms with Crippen LogP contribution in [0.1, 0.15) is 16.7 Å². The molecular weight excluding hydrogens is 391 g/mol. The summed E-state index contributed by atoms with van der Waals surface area (Å²) in [6, 6.07) is 17.5. The Kier molecular flexibility index (Phi) is 8.20. The summed E-state index contributed by atoms with van der Waals surface area (Å²) in [5.41, 5.74) is 3.33. The number of nitrogens with zero attached hydrogens (tertiary/aromatic N) is 1. The lowest BCUT2D eigenvalue weighted by Gasteiger charge is -2.09. The lowest BCUT2D eigenvalue weighted by molar-refractivity contribution is -0.00000529. The minimum absolute atomic E-state index is 0. The number of ether oxygens (including phenoxy) is 1. The van der Waals surface area contributed by atoms with E-state index in [9.17, 15) is 0 Å². The molecule has 3 nitrogen and oxygen atoms in total. The Bertz CT molecular complexity index is 811. The molecule has 26 heavy (non-hydrogen) atoms. The maximum atomic E-state index is 6.15. The number of pyridine rings is 1. The number of nitrogens with one attached hydrogen (secondary N) is 1. The van der Waals surface area contributed by atoms with E-state index in [1.807, 2.05) is 36.4 Å². The van der Waals surface area contributed by atoms with Crippen LogP contribution >= 0.6 is 23.2 Å². The van der Waals surface area contributed by atoms with Crippen LogP contribution in [0, 0.1) is 0 Å². The van der Waals surface area contributed by atoms with E-state index in [0.717, 1.165) is 24.4 Å². The Morgan fingerprint density at radius 3 is 2.15 bits per heavy atom. The van der Waals surface area contributed by atoms with E-state index in [2.05, 4.69) is 22.4 Å². The second-order valence-electron chi connectivity index (χ2n) is 5.63. The predicted molar refractivity (Wildman–Crippen MR) is 102 cm³/mol. The normalized spacial score (nSPS) is 10.2. The number of benzene rings is 2. The summed E-state index contributed by atoms with van der Waals surface area (Å²) in [6.45, 7) is 2.02. The summed E-state index contributed by atoms with van der Waals surface area (Å²) in [5.74, 6) is 0.809. The molecule has 0 bridgehead atoms. The van der Waals surface area contributed by atoms with Crippen LogP contribution in [0.2, 0.25) is 10.0 Å². The van der Waals surface area contributed by atoms with Gasteiger partial charge in [-0.1, -0.05) is 41.4 Å². The lowest BCUT2D eigenvalue weighted by Crippen LogP contribution is -3.00. The van der Waals surface area contributed by atoms with Crippen molar-refractivity contribution in [1.82, 2.24) is 10.3 Å². The third-order valence-electron chi connectivity index (χ3n) is 3.74. The smallest absolute Gasteiger partial charge is 0.119 e. The van der Waals surface area contributed by atoms with Crippen molar-refractivity contribution >= 4 is 23.2 Å². The molecule has 0 saturated heterocycles. The second-order valence-corrected chi connectivity index (χ2v) is 6.47. The van der Waals surface area contributed by atoms with E-state index < -0.39 is 0 Å². The number of aromatic nitrogens is 1. The van der Waals surface area contributed by atoms with Crippen molar-refractivity contribution in [2.24, 2.45) is 0 Å². The number of halogens is 3. The van der Waals surface area contributed by atoms with Gasteiger partial charge in [0.05, 0.1) is 0 Å². The largest absolute Gasteiger partial charge is 1.00 e. The van der Waals surface area contributed by atoms with Gasteiger partial charge >= 0.3 is 0 Å². The van der Waals surface area contributed by atoms with E-state index in [1.165, 1.54) is 11.1 Å². The highest BCUT2D eigenvalue weighted by Crippen LogP contribution is 2.22. The Balaban J connectivity index is 0.00000243. The van der Waals surface area contributed by atoms with Crippen LogP contribution in [-0.2, 0) is 19.7 Å². The van der Waals surface area contributed by atoms with Gasteiger partial charge in [0.25, 0.3) is 0 Å². The first-order chi connectivity index (χ1) is 12.2. The van der Waals surface area contributed by atoms with E-state index >= 15 is 0 Å². The fraction of sp³-hybridized carbons (Fsp3) is 0.150. The molecule has 0 fully saturated rings. The fourth-order valence-electron chi connectivity index (χ4n) is 2.36.